The number of hydrogen-bond donors (Lipinski definition) is 1. The molecular weight excluding hydrogens is 338 g/mol. The first-order chi connectivity index (χ1) is 12.0. The molecule has 0 unspecified atom stereocenters. The normalized spacial score (nSPS) is 16.2. The molecule has 1 aliphatic heterocycles. The van der Waals surface area contributed by atoms with E-state index in [0.717, 1.165) is 13.0 Å². The minimum Gasteiger partial charge on any atom is -0.362 e. The fraction of sp³-hybridized carbons (Fsp3) is 0.222. The number of rotatable bonds is 4. The number of amides is 1. The number of nitrogens with one attached hydrogen (secondary N) is 1. The van der Waals surface area contributed by atoms with Gasteiger partial charge in [-0.3, -0.25) is 4.79 Å². The first-order valence-corrected chi connectivity index (χ1v) is 9.41. The summed E-state index contributed by atoms with van der Waals surface area (Å²) in [5, 5.41) is 2.71. The molecule has 0 radical (unpaired) electrons. The highest BCUT2D eigenvalue weighted by Crippen LogP contribution is 2.20. The summed E-state index contributed by atoms with van der Waals surface area (Å²) in [6.45, 7) is 0.807. The number of amidine groups is 1. The van der Waals surface area contributed by atoms with Crippen molar-refractivity contribution in [1.82, 2.24) is 4.90 Å². The molecule has 1 saturated heterocycles. The van der Waals surface area contributed by atoms with Crippen molar-refractivity contribution < 1.29 is 13.2 Å². The molecule has 1 heterocycles. The molecule has 0 aromatic heterocycles. The quantitative estimate of drug-likeness (QED) is 0.912. The molecule has 0 saturated carbocycles. The lowest BCUT2D eigenvalue weighted by Gasteiger charge is -2.11. The van der Waals surface area contributed by atoms with E-state index in [2.05, 4.69) is 9.71 Å². The second kappa shape index (κ2) is 7.06. The van der Waals surface area contributed by atoms with Gasteiger partial charge in [0.25, 0.3) is 15.9 Å². The molecule has 25 heavy (non-hydrogen) atoms. The molecule has 7 heteroatoms. The molecular formula is C18H19N3O3S. The van der Waals surface area contributed by atoms with Crippen molar-refractivity contribution in [1.29, 1.82) is 0 Å². The van der Waals surface area contributed by atoms with Crippen molar-refractivity contribution in [2.45, 2.75) is 17.7 Å². The second-order valence-electron chi connectivity index (χ2n) is 5.86. The molecule has 2 aromatic carbocycles. The predicted octanol–water partition coefficient (Wildman–Crippen LogP) is 2.75. The van der Waals surface area contributed by atoms with Crippen LogP contribution >= 0.6 is 0 Å². The number of nitrogens with zero attached hydrogens (tertiary/aromatic N) is 2. The summed E-state index contributed by atoms with van der Waals surface area (Å²) in [6, 6.07) is 14.9. The van der Waals surface area contributed by atoms with Crippen molar-refractivity contribution in [3.05, 3.63) is 60.2 Å². The topological polar surface area (TPSA) is 78.8 Å². The fourth-order valence-electron chi connectivity index (χ4n) is 2.63. The molecule has 3 rings (SSSR count). The van der Waals surface area contributed by atoms with Crippen LogP contribution in [0.3, 0.4) is 0 Å². The Labute approximate surface area is 147 Å². The molecule has 1 fully saturated rings. The van der Waals surface area contributed by atoms with E-state index in [0.29, 0.717) is 23.5 Å². The smallest absolute Gasteiger partial charge is 0.284 e. The van der Waals surface area contributed by atoms with Gasteiger partial charge in [0.1, 0.15) is 5.84 Å². The van der Waals surface area contributed by atoms with Gasteiger partial charge in [-0.2, -0.15) is 8.42 Å². The van der Waals surface area contributed by atoms with Crippen molar-refractivity contribution >= 4 is 27.5 Å². The maximum atomic E-state index is 12.5. The van der Waals surface area contributed by atoms with E-state index in [-0.39, 0.29) is 10.8 Å². The van der Waals surface area contributed by atoms with Gasteiger partial charge in [-0.25, -0.2) is 0 Å². The van der Waals surface area contributed by atoms with E-state index in [1.807, 2.05) is 18.0 Å². The molecule has 2 aromatic rings. The Kier molecular flexibility index (Phi) is 4.85. The first-order valence-electron chi connectivity index (χ1n) is 7.97. The standard InChI is InChI=1S/C18H19N3O3S/c1-21-12-6-11-17(21)20-25(23,24)16-10-5-9-15(13-16)19-18(22)14-7-3-2-4-8-14/h2-5,7-10,13H,6,11-12H2,1H3,(H,19,22)/b20-17-. The van der Waals surface area contributed by atoms with E-state index >= 15 is 0 Å². The van der Waals surface area contributed by atoms with Crippen LogP contribution in [0.5, 0.6) is 0 Å². The Balaban J connectivity index is 1.83. The van der Waals surface area contributed by atoms with E-state index in [4.69, 9.17) is 0 Å². The Bertz CT molecular complexity index is 908. The van der Waals surface area contributed by atoms with Crippen molar-refractivity contribution in [2.75, 3.05) is 18.9 Å². The van der Waals surface area contributed by atoms with E-state index < -0.39 is 10.0 Å². The summed E-state index contributed by atoms with van der Waals surface area (Å²) < 4.78 is 29.0. The highest BCUT2D eigenvalue weighted by molar-refractivity contribution is 7.90. The van der Waals surface area contributed by atoms with Crippen LogP contribution in [0.1, 0.15) is 23.2 Å². The summed E-state index contributed by atoms with van der Waals surface area (Å²) in [6.07, 6.45) is 1.55. The van der Waals surface area contributed by atoms with Crippen molar-refractivity contribution in [3.8, 4) is 0 Å². The zero-order chi connectivity index (χ0) is 17.9. The van der Waals surface area contributed by atoms with Crippen molar-refractivity contribution in [2.24, 2.45) is 4.40 Å². The lowest BCUT2D eigenvalue weighted by molar-refractivity contribution is 0.102. The Morgan fingerprint density at radius 1 is 1.12 bits per heavy atom. The Hall–Kier alpha value is -2.67. The van der Waals surface area contributed by atoms with Gasteiger partial charge in [0.05, 0.1) is 4.90 Å². The number of carbonyl (C=O) groups is 1. The average molecular weight is 357 g/mol. The van der Waals surface area contributed by atoms with Gasteiger partial charge in [0.15, 0.2) is 0 Å². The lowest BCUT2D eigenvalue weighted by atomic mass is 10.2. The van der Waals surface area contributed by atoms with E-state index in [1.165, 1.54) is 12.1 Å². The van der Waals surface area contributed by atoms with E-state index in [1.54, 1.807) is 36.4 Å². The fourth-order valence-corrected chi connectivity index (χ4v) is 3.77. The maximum absolute atomic E-state index is 12.5. The van der Waals surface area contributed by atoms with Gasteiger partial charge in [-0.1, -0.05) is 24.3 Å². The number of likely N-dealkylation sites (tertiary alicyclic amines) is 1. The maximum Gasteiger partial charge on any atom is 0.284 e. The summed E-state index contributed by atoms with van der Waals surface area (Å²) in [5.74, 6) is 0.274. The monoisotopic (exact) mass is 357 g/mol. The zero-order valence-electron chi connectivity index (χ0n) is 13.8. The third-order valence-electron chi connectivity index (χ3n) is 3.99. The Morgan fingerprint density at radius 2 is 1.88 bits per heavy atom. The number of anilines is 1. The van der Waals surface area contributed by atoms with E-state index in [9.17, 15) is 13.2 Å². The predicted molar refractivity (Wildman–Crippen MR) is 97.3 cm³/mol. The molecule has 6 nitrogen and oxygen atoms in total. The van der Waals surface area contributed by atoms with Crippen LogP contribution in [-0.2, 0) is 10.0 Å². The van der Waals surface area contributed by atoms with Crippen LogP contribution in [0, 0.1) is 0 Å². The third kappa shape index (κ3) is 4.06. The molecule has 1 aliphatic rings. The van der Waals surface area contributed by atoms with Crippen LogP contribution in [0.2, 0.25) is 0 Å². The molecule has 0 spiro atoms. The van der Waals surface area contributed by atoms with Crippen LogP contribution in [0.15, 0.2) is 63.9 Å². The highest BCUT2D eigenvalue weighted by Gasteiger charge is 2.20. The molecule has 1 amide bonds. The zero-order valence-corrected chi connectivity index (χ0v) is 14.7. The first kappa shape index (κ1) is 17.2. The van der Waals surface area contributed by atoms with Crippen molar-refractivity contribution in [3.63, 3.8) is 0 Å². The molecule has 130 valence electrons. The minimum absolute atomic E-state index is 0.0613. The highest BCUT2D eigenvalue weighted by atomic mass is 32.2. The van der Waals surface area contributed by atoms with Crippen LogP contribution in [0.25, 0.3) is 0 Å². The largest absolute Gasteiger partial charge is 0.362 e. The van der Waals surface area contributed by atoms with Gasteiger partial charge in [-0.05, 0) is 36.8 Å². The second-order valence-corrected chi connectivity index (χ2v) is 7.46. The number of sulfonamides is 1. The van der Waals surface area contributed by atoms with Gasteiger partial charge >= 0.3 is 0 Å². The summed E-state index contributed by atoms with van der Waals surface area (Å²) in [5.41, 5.74) is 0.915. The molecule has 0 aliphatic carbocycles. The Morgan fingerprint density at radius 3 is 2.56 bits per heavy atom. The SMILES string of the molecule is CN1CCC/C1=N/S(=O)(=O)c1cccc(NC(=O)c2ccccc2)c1. The number of carbonyl (C=O) groups excluding carboxylic acids is 1. The van der Waals surface area contributed by atoms with Gasteiger partial charge in [0.2, 0.25) is 0 Å². The molecule has 0 bridgehead atoms. The van der Waals surface area contributed by atoms with Crippen LogP contribution < -0.4 is 5.32 Å². The van der Waals surface area contributed by atoms with Gasteiger partial charge in [0, 0.05) is 31.3 Å². The number of hydrogen-bond acceptors (Lipinski definition) is 3. The minimum atomic E-state index is -3.80. The van der Waals surface area contributed by atoms with Crippen LogP contribution in [-0.4, -0.2) is 38.7 Å². The average Bonchev–Trinajstić information content (AvgIpc) is 3.00. The summed E-state index contributed by atoms with van der Waals surface area (Å²) in [7, 11) is -1.97. The van der Waals surface area contributed by atoms with Gasteiger partial charge in [-0.15, -0.1) is 4.40 Å². The molecule has 1 N–H and O–H groups in total. The lowest BCUT2D eigenvalue weighted by Crippen LogP contribution is -2.20. The molecule has 0 atom stereocenters. The van der Waals surface area contributed by atoms with Crippen LogP contribution in [0.4, 0.5) is 5.69 Å². The summed E-state index contributed by atoms with van der Waals surface area (Å²) in [4.78, 5) is 14.1. The number of benzene rings is 2. The third-order valence-corrected chi connectivity index (χ3v) is 5.29. The summed E-state index contributed by atoms with van der Waals surface area (Å²) >= 11 is 0. The van der Waals surface area contributed by atoms with Gasteiger partial charge < -0.3 is 10.2 Å².